The van der Waals surface area contributed by atoms with Gasteiger partial charge in [0.1, 0.15) is 5.69 Å². The van der Waals surface area contributed by atoms with E-state index in [9.17, 15) is 4.79 Å². The first-order chi connectivity index (χ1) is 12.3. The van der Waals surface area contributed by atoms with Crippen molar-refractivity contribution >= 4 is 32.6 Å². The highest BCUT2D eigenvalue weighted by Gasteiger charge is 2.22. The molecule has 5 nitrogen and oxygen atoms in total. The number of aromatic nitrogens is 3. The summed E-state index contributed by atoms with van der Waals surface area (Å²) in [5.41, 5.74) is 2.21. The maximum absolute atomic E-state index is 13.0. The van der Waals surface area contributed by atoms with Gasteiger partial charge in [0.2, 0.25) is 0 Å². The number of anilines is 1. The standard InChI is InChI=1S/C19H14N4OS/c24-18(16-12-20-10-11-21-16)23(13-14-6-2-1-3-7-14)19-22-15-8-4-5-9-17(15)25-19/h1-12H,13H2. The van der Waals surface area contributed by atoms with Gasteiger partial charge in [-0.25, -0.2) is 9.97 Å². The van der Waals surface area contributed by atoms with Crippen LogP contribution in [-0.4, -0.2) is 20.9 Å². The summed E-state index contributed by atoms with van der Waals surface area (Å²) >= 11 is 1.49. The number of carbonyl (C=O) groups is 1. The van der Waals surface area contributed by atoms with Crippen molar-refractivity contribution in [2.45, 2.75) is 6.54 Å². The number of fused-ring (bicyclic) bond motifs is 1. The quantitative estimate of drug-likeness (QED) is 0.562. The number of hydrogen-bond acceptors (Lipinski definition) is 5. The molecule has 25 heavy (non-hydrogen) atoms. The molecule has 0 radical (unpaired) electrons. The Morgan fingerprint density at radius 3 is 2.56 bits per heavy atom. The molecule has 0 unspecified atom stereocenters. The van der Waals surface area contributed by atoms with Crippen molar-refractivity contribution < 1.29 is 4.79 Å². The van der Waals surface area contributed by atoms with Gasteiger partial charge in [-0.1, -0.05) is 53.8 Å². The maximum Gasteiger partial charge on any atom is 0.280 e. The minimum absolute atomic E-state index is 0.212. The van der Waals surface area contributed by atoms with E-state index < -0.39 is 0 Å². The average Bonchev–Trinajstić information content (AvgIpc) is 3.11. The minimum atomic E-state index is -0.212. The van der Waals surface area contributed by atoms with Crippen LogP contribution in [0.5, 0.6) is 0 Å². The lowest BCUT2D eigenvalue weighted by Gasteiger charge is -2.19. The Labute approximate surface area is 148 Å². The molecule has 6 heteroatoms. The molecule has 0 saturated carbocycles. The molecule has 1 amide bonds. The Bertz CT molecular complexity index is 969. The molecular formula is C19H14N4OS. The van der Waals surface area contributed by atoms with E-state index in [4.69, 9.17) is 0 Å². The summed E-state index contributed by atoms with van der Waals surface area (Å²) in [5, 5.41) is 0.653. The van der Waals surface area contributed by atoms with Gasteiger partial charge in [-0.05, 0) is 17.7 Å². The van der Waals surface area contributed by atoms with Crippen molar-refractivity contribution in [2.75, 3.05) is 4.90 Å². The summed E-state index contributed by atoms with van der Waals surface area (Å²) in [7, 11) is 0. The van der Waals surface area contributed by atoms with Crippen molar-refractivity contribution in [1.82, 2.24) is 15.0 Å². The van der Waals surface area contributed by atoms with E-state index in [1.165, 1.54) is 23.7 Å². The third-order valence-electron chi connectivity index (χ3n) is 3.72. The normalized spacial score (nSPS) is 10.7. The van der Waals surface area contributed by atoms with Gasteiger partial charge in [0.05, 0.1) is 23.0 Å². The molecule has 2 aromatic heterocycles. The molecule has 2 heterocycles. The first kappa shape index (κ1) is 15.4. The van der Waals surface area contributed by atoms with Crippen LogP contribution in [0, 0.1) is 0 Å². The fourth-order valence-corrected chi connectivity index (χ4v) is 3.48. The molecule has 0 atom stereocenters. The molecular weight excluding hydrogens is 332 g/mol. The van der Waals surface area contributed by atoms with Crippen LogP contribution in [0.25, 0.3) is 10.2 Å². The first-order valence-electron chi connectivity index (χ1n) is 7.78. The van der Waals surface area contributed by atoms with Crippen molar-refractivity contribution in [3.63, 3.8) is 0 Å². The second-order valence-electron chi connectivity index (χ2n) is 5.43. The largest absolute Gasteiger partial charge is 0.280 e. The molecule has 2 aromatic carbocycles. The van der Waals surface area contributed by atoms with Crippen molar-refractivity contribution in [2.24, 2.45) is 0 Å². The smallest absolute Gasteiger partial charge is 0.278 e. The van der Waals surface area contributed by atoms with Gasteiger partial charge in [-0.2, -0.15) is 0 Å². The van der Waals surface area contributed by atoms with E-state index in [1.807, 2.05) is 54.6 Å². The summed E-state index contributed by atoms with van der Waals surface area (Å²) in [6.07, 6.45) is 4.55. The molecule has 4 rings (SSSR count). The van der Waals surface area contributed by atoms with Crippen LogP contribution in [0.1, 0.15) is 16.1 Å². The van der Waals surface area contributed by atoms with Crippen LogP contribution >= 0.6 is 11.3 Å². The summed E-state index contributed by atoms with van der Waals surface area (Å²) in [4.78, 5) is 27.5. The van der Waals surface area contributed by atoms with Crippen LogP contribution in [-0.2, 0) is 6.54 Å². The van der Waals surface area contributed by atoms with Crippen LogP contribution in [0.4, 0.5) is 5.13 Å². The number of carbonyl (C=O) groups excluding carboxylic acids is 1. The third kappa shape index (κ3) is 3.25. The zero-order valence-electron chi connectivity index (χ0n) is 13.2. The first-order valence-corrected chi connectivity index (χ1v) is 8.60. The fourth-order valence-electron chi connectivity index (χ4n) is 2.52. The van der Waals surface area contributed by atoms with Gasteiger partial charge >= 0.3 is 0 Å². The highest BCUT2D eigenvalue weighted by atomic mass is 32.1. The molecule has 0 saturated heterocycles. The number of rotatable bonds is 4. The summed E-state index contributed by atoms with van der Waals surface area (Å²) in [6, 6.07) is 17.7. The average molecular weight is 346 g/mol. The Morgan fingerprint density at radius 2 is 1.80 bits per heavy atom. The summed E-state index contributed by atoms with van der Waals surface area (Å²) < 4.78 is 1.04. The molecule has 0 aliphatic rings. The number of hydrogen-bond donors (Lipinski definition) is 0. The van der Waals surface area contributed by atoms with E-state index >= 15 is 0 Å². The van der Waals surface area contributed by atoms with Crippen LogP contribution in [0.3, 0.4) is 0 Å². The Balaban J connectivity index is 1.76. The maximum atomic E-state index is 13.0. The van der Waals surface area contributed by atoms with E-state index in [0.29, 0.717) is 17.4 Å². The molecule has 122 valence electrons. The van der Waals surface area contributed by atoms with Gasteiger partial charge in [0, 0.05) is 12.4 Å². The lowest BCUT2D eigenvalue weighted by atomic mass is 10.2. The predicted molar refractivity (Wildman–Crippen MR) is 98.6 cm³/mol. The van der Waals surface area contributed by atoms with Crippen LogP contribution in [0.15, 0.2) is 73.2 Å². The molecule has 0 aliphatic heterocycles. The lowest BCUT2D eigenvalue weighted by Crippen LogP contribution is -2.31. The molecule has 0 aliphatic carbocycles. The predicted octanol–water partition coefficient (Wildman–Crippen LogP) is 3.93. The SMILES string of the molecule is O=C(c1cnccn1)N(Cc1ccccc1)c1nc2ccccc2s1. The summed E-state index contributed by atoms with van der Waals surface area (Å²) in [6.45, 7) is 0.427. The molecule has 0 N–H and O–H groups in total. The monoisotopic (exact) mass is 346 g/mol. The highest BCUT2D eigenvalue weighted by molar-refractivity contribution is 7.22. The van der Waals surface area contributed by atoms with Gasteiger partial charge in [0.25, 0.3) is 5.91 Å². The zero-order chi connectivity index (χ0) is 17.1. The Morgan fingerprint density at radius 1 is 1.00 bits per heavy atom. The van der Waals surface area contributed by atoms with Gasteiger partial charge in [0.15, 0.2) is 5.13 Å². The van der Waals surface area contributed by atoms with E-state index in [1.54, 1.807) is 11.1 Å². The van der Waals surface area contributed by atoms with Crippen LogP contribution in [0.2, 0.25) is 0 Å². The van der Waals surface area contributed by atoms with Crippen molar-refractivity contribution in [1.29, 1.82) is 0 Å². The lowest BCUT2D eigenvalue weighted by molar-refractivity contribution is 0.0980. The minimum Gasteiger partial charge on any atom is -0.278 e. The Hall–Kier alpha value is -3.12. The van der Waals surface area contributed by atoms with Gasteiger partial charge < -0.3 is 0 Å². The second-order valence-corrected chi connectivity index (χ2v) is 6.44. The molecule has 4 aromatic rings. The topological polar surface area (TPSA) is 59.0 Å². The fraction of sp³-hybridized carbons (Fsp3) is 0.0526. The van der Waals surface area contributed by atoms with Crippen molar-refractivity contribution in [3.8, 4) is 0 Å². The third-order valence-corrected chi connectivity index (χ3v) is 4.78. The molecule has 0 bridgehead atoms. The van der Waals surface area contributed by atoms with Crippen molar-refractivity contribution in [3.05, 3.63) is 84.4 Å². The highest BCUT2D eigenvalue weighted by Crippen LogP contribution is 2.30. The molecule has 0 spiro atoms. The molecule has 0 fully saturated rings. The van der Waals surface area contributed by atoms with E-state index in [0.717, 1.165) is 15.8 Å². The van der Waals surface area contributed by atoms with E-state index in [-0.39, 0.29) is 5.91 Å². The second kappa shape index (κ2) is 6.78. The number of amides is 1. The number of thiazole rings is 1. The van der Waals surface area contributed by atoms with E-state index in [2.05, 4.69) is 15.0 Å². The summed E-state index contributed by atoms with van der Waals surface area (Å²) in [5.74, 6) is -0.212. The number of nitrogens with zero attached hydrogens (tertiary/aromatic N) is 4. The number of para-hydroxylation sites is 1. The zero-order valence-corrected chi connectivity index (χ0v) is 14.1. The van der Waals surface area contributed by atoms with Crippen LogP contribution < -0.4 is 4.90 Å². The number of benzene rings is 2. The van der Waals surface area contributed by atoms with Gasteiger partial charge in [-0.15, -0.1) is 0 Å². The van der Waals surface area contributed by atoms with Gasteiger partial charge in [-0.3, -0.25) is 14.7 Å². The Kier molecular flexibility index (Phi) is 4.18.